The van der Waals surface area contributed by atoms with Gasteiger partial charge < -0.3 is 9.84 Å². The van der Waals surface area contributed by atoms with Crippen LogP contribution in [0.3, 0.4) is 0 Å². The number of allylic oxidation sites excluding steroid dienone is 2. The molecule has 0 radical (unpaired) electrons. The van der Waals surface area contributed by atoms with E-state index in [0.717, 1.165) is 5.70 Å². The first kappa shape index (κ1) is 17.4. The van der Waals surface area contributed by atoms with Gasteiger partial charge in [-0.3, -0.25) is 4.79 Å². The van der Waals surface area contributed by atoms with Crippen LogP contribution in [0.25, 0.3) is 0 Å². The lowest BCUT2D eigenvalue weighted by molar-refractivity contribution is -0.112. The summed E-state index contributed by atoms with van der Waals surface area (Å²) in [5.74, 6) is 0.0479. The number of nitrogens with one attached hydrogen (secondary N) is 1. The van der Waals surface area contributed by atoms with Gasteiger partial charge >= 0.3 is 0 Å². The van der Waals surface area contributed by atoms with Gasteiger partial charge in [0.1, 0.15) is 0 Å². The molecule has 0 aliphatic heterocycles. The Labute approximate surface area is 139 Å². The SMILES string of the molecule is CC(=O)/C=C(/C)NCCOP(c1ccccc1)c1ccccc1. The van der Waals surface area contributed by atoms with Crippen molar-refractivity contribution in [2.24, 2.45) is 0 Å². The number of hydrogen-bond acceptors (Lipinski definition) is 3. The van der Waals surface area contributed by atoms with Gasteiger partial charge in [0.2, 0.25) is 0 Å². The van der Waals surface area contributed by atoms with Crippen LogP contribution in [-0.4, -0.2) is 18.9 Å². The molecule has 23 heavy (non-hydrogen) atoms. The summed E-state index contributed by atoms with van der Waals surface area (Å²) in [4.78, 5) is 11.0. The molecule has 3 nitrogen and oxygen atoms in total. The lowest BCUT2D eigenvalue weighted by Gasteiger charge is -2.19. The lowest BCUT2D eigenvalue weighted by atomic mass is 10.3. The Morgan fingerprint density at radius 2 is 1.52 bits per heavy atom. The molecule has 0 spiro atoms. The first-order valence-electron chi connectivity index (χ1n) is 7.62. The summed E-state index contributed by atoms with van der Waals surface area (Å²) in [5, 5.41) is 5.60. The van der Waals surface area contributed by atoms with Crippen LogP contribution in [0.1, 0.15) is 13.8 Å². The third-order valence-corrected chi connectivity index (χ3v) is 5.10. The Bertz CT molecular complexity index is 601. The maximum atomic E-state index is 11.0. The van der Waals surface area contributed by atoms with Crippen molar-refractivity contribution in [3.63, 3.8) is 0 Å². The van der Waals surface area contributed by atoms with Crippen LogP contribution in [0.15, 0.2) is 72.4 Å². The second-order valence-corrected chi connectivity index (χ2v) is 7.04. The van der Waals surface area contributed by atoms with E-state index in [1.807, 2.05) is 43.3 Å². The quantitative estimate of drug-likeness (QED) is 0.460. The maximum absolute atomic E-state index is 11.0. The predicted molar refractivity (Wildman–Crippen MR) is 97.5 cm³/mol. The monoisotopic (exact) mass is 327 g/mol. The molecule has 0 bridgehead atoms. The molecule has 0 unspecified atom stereocenters. The molecule has 0 aliphatic rings. The zero-order chi connectivity index (χ0) is 16.5. The van der Waals surface area contributed by atoms with E-state index < -0.39 is 8.15 Å². The van der Waals surface area contributed by atoms with Gasteiger partial charge in [0.15, 0.2) is 5.78 Å². The van der Waals surface area contributed by atoms with E-state index in [0.29, 0.717) is 13.2 Å². The topological polar surface area (TPSA) is 38.3 Å². The molecule has 4 heteroatoms. The number of rotatable bonds is 8. The molecule has 0 atom stereocenters. The van der Waals surface area contributed by atoms with Gasteiger partial charge in [-0.25, -0.2) is 0 Å². The molecule has 2 aromatic rings. The second kappa shape index (κ2) is 9.24. The fourth-order valence-electron chi connectivity index (χ4n) is 2.17. The third-order valence-electron chi connectivity index (χ3n) is 3.13. The average Bonchev–Trinajstić information content (AvgIpc) is 2.56. The largest absolute Gasteiger partial charge is 0.386 e. The van der Waals surface area contributed by atoms with Crippen LogP contribution >= 0.6 is 8.15 Å². The molecule has 0 saturated carbocycles. The molecule has 120 valence electrons. The Kier molecular flexibility index (Phi) is 6.99. The molecule has 0 fully saturated rings. The van der Waals surface area contributed by atoms with Gasteiger partial charge in [0.25, 0.3) is 0 Å². The van der Waals surface area contributed by atoms with Crippen molar-refractivity contribution in [2.45, 2.75) is 13.8 Å². The van der Waals surface area contributed by atoms with Crippen molar-refractivity contribution in [1.82, 2.24) is 5.32 Å². The minimum absolute atomic E-state index is 0.0479. The molecule has 2 rings (SSSR count). The number of carbonyl (C=O) groups is 1. The van der Waals surface area contributed by atoms with E-state index in [2.05, 4.69) is 29.6 Å². The summed E-state index contributed by atoms with van der Waals surface area (Å²) in [5.41, 5.74) is 0.866. The fourth-order valence-corrected chi connectivity index (χ4v) is 3.92. The number of benzene rings is 2. The van der Waals surface area contributed by atoms with E-state index in [1.165, 1.54) is 10.6 Å². The van der Waals surface area contributed by atoms with Gasteiger partial charge in [0.05, 0.1) is 14.8 Å². The highest BCUT2D eigenvalue weighted by molar-refractivity contribution is 7.68. The zero-order valence-corrected chi connectivity index (χ0v) is 14.4. The summed E-state index contributed by atoms with van der Waals surface area (Å²) in [7, 11) is -0.825. The van der Waals surface area contributed by atoms with Crippen molar-refractivity contribution >= 4 is 24.5 Å². The Morgan fingerprint density at radius 1 is 1.00 bits per heavy atom. The molecule has 0 heterocycles. The molecule has 0 saturated heterocycles. The van der Waals surface area contributed by atoms with E-state index in [4.69, 9.17) is 4.52 Å². The Hall–Kier alpha value is -1.96. The number of carbonyl (C=O) groups excluding carboxylic acids is 1. The van der Waals surface area contributed by atoms with Crippen molar-refractivity contribution in [3.05, 3.63) is 72.4 Å². The zero-order valence-electron chi connectivity index (χ0n) is 13.5. The maximum Gasteiger partial charge on any atom is 0.154 e. The van der Waals surface area contributed by atoms with Crippen molar-refractivity contribution in [2.75, 3.05) is 13.2 Å². The Morgan fingerprint density at radius 3 is 2.00 bits per heavy atom. The molecular weight excluding hydrogens is 305 g/mol. The van der Waals surface area contributed by atoms with Gasteiger partial charge in [-0.2, -0.15) is 0 Å². The highest BCUT2D eigenvalue weighted by Gasteiger charge is 2.14. The van der Waals surface area contributed by atoms with E-state index in [-0.39, 0.29) is 5.78 Å². The van der Waals surface area contributed by atoms with Gasteiger partial charge in [-0.15, -0.1) is 0 Å². The standard InChI is InChI=1S/C19H22NO2P/c1-16(15-17(2)21)20-13-14-22-23(18-9-5-3-6-10-18)19-11-7-4-8-12-19/h3-12,15,20H,13-14H2,1-2H3/b16-15-. The van der Waals surface area contributed by atoms with Crippen LogP contribution in [-0.2, 0) is 9.32 Å². The van der Waals surface area contributed by atoms with Crippen LogP contribution in [0.5, 0.6) is 0 Å². The summed E-state index contributed by atoms with van der Waals surface area (Å²) in [6.45, 7) is 4.69. The smallest absolute Gasteiger partial charge is 0.154 e. The van der Waals surface area contributed by atoms with Crippen LogP contribution in [0.2, 0.25) is 0 Å². The third kappa shape index (κ3) is 5.97. The van der Waals surface area contributed by atoms with Crippen LogP contribution < -0.4 is 15.9 Å². The summed E-state index contributed by atoms with van der Waals surface area (Å²) in [6.07, 6.45) is 1.59. The highest BCUT2D eigenvalue weighted by atomic mass is 31.1. The normalized spacial score (nSPS) is 11.5. The van der Waals surface area contributed by atoms with E-state index in [9.17, 15) is 4.79 Å². The summed E-state index contributed by atoms with van der Waals surface area (Å²) < 4.78 is 6.16. The highest BCUT2D eigenvalue weighted by Crippen LogP contribution is 2.34. The van der Waals surface area contributed by atoms with E-state index in [1.54, 1.807) is 13.0 Å². The number of ketones is 1. The first-order valence-corrected chi connectivity index (χ1v) is 8.88. The lowest BCUT2D eigenvalue weighted by Crippen LogP contribution is -2.20. The van der Waals surface area contributed by atoms with E-state index >= 15 is 0 Å². The second-order valence-electron chi connectivity index (χ2n) is 5.16. The summed E-state index contributed by atoms with van der Waals surface area (Å²) >= 11 is 0. The average molecular weight is 327 g/mol. The fraction of sp³-hybridized carbons (Fsp3) is 0.211. The summed E-state index contributed by atoms with van der Waals surface area (Å²) in [6, 6.07) is 20.6. The van der Waals surface area contributed by atoms with Crippen LogP contribution in [0.4, 0.5) is 0 Å². The molecule has 1 N–H and O–H groups in total. The molecule has 2 aromatic carbocycles. The Balaban J connectivity index is 1.98. The van der Waals surface area contributed by atoms with Gasteiger partial charge in [0, 0.05) is 22.9 Å². The van der Waals surface area contributed by atoms with Gasteiger partial charge in [-0.05, 0) is 19.9 Å². The van der Waals surface area contributed by atoms with Gasteiger partial charge in [-0.1, -0.05) is 60.7 Å². The number of hydrogen-bond donors (Lipinski definition) is 1. The van der Waals surface area contributed by atoms with Crippen molar-refractivity contribution < 1.29 is 9.32 Å². The predicted octanol–water partition coefficient (Wildman–Crippen LogP) is 3.13. The van der Waals surface area contributed by atoms with Crippen molar-refractivity contribution in [3.8, 4) is 0 Å². The minimum atomic E-state index is -0.825. The molecule has 0 aromatic heterocycles. The molecule has 0 aliphatic carbocycles. The first-order chi connectivity index (χ1) is 11.2. The minimum Gasteiger partial charge on any atom is -0.386 e. The van der Waals surface area contributed by atoms with Crippen LogP contribution in [0, 0.1) is 0 Å². The van der Waals surface area contributed by atoms with Crippen molar-refractivity contribution in [1.29, 1.82) is 0 Å². The molecular formula is C19H22NO2P. The molecule has 0 amide bonds.